The third-order valence-electron chi connectivity index (χ3n) is 5.12. The second-order valence-electron chi connectivity index (χ2n) is 7.33. The highest BCUT2D eigenvalue weighted by molar-refractivity contribution is 7.23. The van der Waals surface area contributed by atoms with Crippen LogP contribution in [0, 0.1) is 11.6 Å². The third-order valence-corrected chi connectivity index (χ3v) is 7.12. The Bertz CT molecular complexity index is 1360. The van der Waals surface area contributed by atoms with Crippen molar-refractivity contribution in [3.63, 3.8) is 0 Å². The molecular formula is C21H17F2N5O2S2. The van der Waals surface area contributed by atoms with E-state index in [1.54, 1.807) is 0 Å². The average Bonchev–Trinajstić information content (AvgIpc) is 3.53. The smallest absolute Gasteiger partial charge is 0.294 e. The Morgan fingerprint density at radius 3 is 2.72 bits per heavy atom. The predicted molar refractivity (Wildman–Crippen MR) is 121 cm³/mol. The van der Waals surface area contributed by atoms with Crippen molar-refractivity contribution >= 4 is 49.6 Å². The van der Waals surface area contributed by atoms with Crippen LogP contribution in [0.1, 0.15) is 12.8 Å². The number of hydrogen-bond donors (Lipinski definition) is 1. The molecule has 1 aliphatic heterocycles. The van der Waals surface area contributed by atoms with Crippen molar-refractivity contribution in [1.82, 2.24) is 14.8 Å². The number of fused-ring (bicyclic) bond motifs is 1. The quantitative estimate of drug-likeness (QED) is 0.472. The van der Waals surface area contributed by atoms with Gasteiger partial charge in [-0.2, -0.15) is 5.10 Å². The Balaban J connectivity index is 1.53. The van der Waals surface area contributed by atoms with E-state index in [1.807, 2.05) is 17.5 Å². The fourth-order valence-electron chi connectivity index (χ4n) is 3.59. The van der Waals surface area contributed by atoms with Gasteiger partial charge >= 0.3 is 0 Å². The Morgan fingerprint density at radius 2 is 2.00 bits per heavy atom. The lowest BCUT2D eigenvalue weighted by atomic mass is 10.3. The second-order valence-corrected chi connectivity index (χ2v) is 9.25. The number of halogens is 2. The van der Waals surface area contributed by atoms with Crippen molar-refractivity contribution in [1.29, 1.82) is 0 Å². The molecule has 11 heteroatoms. The van der Waals surface area contributed by atoms with Crippen molar-refractivity contribution < 1.29 is 13.6 Å². The molecule has 0 atom stereocenters. The van der Waals surface area contributed by atoms with Gasteiger partial charge in [-0.25, -0.2) is 18.4 Å². The van der Waals surface area contributed by atoms with Crippen molar-refractivity contribution in [2.45, 2.75) is 19.4 Å². The molecule has 3 aromatic heterocycles. The summed E-state index contributed by atoms with van der Waals surface area (Å²) in [5, 5.41) is 9.49. The summed E-state index contributed by atoms with van der Waals surface area (Å²) < 4.78 is 28.7. The molecule has 1 amide bonds. The fourth-order valence-corrected chi connectivity index (χ4v) is 5.48. The van der Waals surface area contributed by atoms with E-state index in [1.165, 1.54) is 22.7 Å². The summed E-state index contributed by atoms with van der Waals surface area (Å²) in [6.45, 7) is 1.35. The zero-order valence-corrected chi connectivity index (χ0v) is 18.3. The van der Waals surface area contributed by atoms with E-state index in [4.69, 9.17) is 0 Å². The molecule has 1 aromatic carbocycles. The molecule has 1 N–H and O–H groups in total. The van der Waals surface area contributed by atoms with E-state index >= 15 is 0 Å². The lowest BCUT2D eigenvalue weighted by molar-refractivity contribution is -0.117. The minimum atomic E-state index is -0.900. The molecular weight excluding hydrogens is 456 g/mol. The van der Waals surface area contributed by atoms with Crippen molar-refractivity contribution in [2.24, 2.45) is 0 Å². The minimum absolute atomic E-state index is 0.172. The number of thiophene rings is 1. The van der Waals surface area contributed by atoms with Crippen molar-refractivity contribution in [2.75, 3.05) is 23.3 Å². The summed E-state index contributed by atoms with van der Waals surface area (Å²) in [4.78, 5) is 33.2. The Labute approximate surface area is 188 Å². The first kappa shape index (κ1) is 20.7. The number of benzene rings is 1. The van der Waals surface area contributed by atoms with E-state index in [-0.39, 0.29) is 11.2 Å². The molecule has 7 nitrogen and oxygen atoms in total. The van der Waals surface area contributed by atoms with Gasteiger partial charge in [0.15, 0.2) is 10.6 Å². The van der Waals surface area contributed by atoms with Crippen LogP contribution in [0.15, 0.2) is 40.5 Å². The second kappa shape index (κ2) is 8.40. The van der Waals surface area contributed by atoms with Gasteiger partial charge in [-0.1, -0.05) is 17.4 Å². The molecule has 1 aliphatic rings. The van der Waals surface area contributed by atoms with E-state index in [0.717, 1.165) is 52.8 Å². The Kier molecular flexibility index (Phi) is 5.43. The largest absolute Gasteiger partial charge is 0.348 e. The summed E-state index contributed by atoms with van der Waals surface area (Å²) in [6, 6.07) is 6.62. The first-order valence-corrected chi connectivity index (χ1v) is 11.6. The van der Waals surface area contributed by atoms with Gasteiger partial charge in [0, 0.05) is 19.2 Å². The van der Waals surface area contributed by atoms with Crippen LogP contribution in [-0.4, -0.2) is 33.8 Å². The molecule has 0 spiro atoms. The highest BCUT2D eigenvalue weighted by atomic mass is 32.1. The number of thiazole rings is 1. The van der Waals surface area contributed by atoms with Gasteiger partial charge in [-0.15, -0.1) is 11.3 Å². The maximum Gasteiger partial charge on any atom is 0.294 e. The standard InChI is InChI=1S/C21H17F2N5O2S2/c22-12-5-6-14(13(23)10-12)24-16(29)11-28-20(30)18-19(17(26-28)15-4-3-9-31-15)32-21(25-18)27-7-1-2-8-27/h3-6,9-10H,1-2,7-8,11H2,(H,24,29). The molecule has 1 fully saturated rings. The van der Waals surface area contributed by atoms with Gasteiger partial charge < -0.3 is 10.2 Å². The summed E-state index contributed by atoms with van der Waals surface area (Å²) in [5.74, 6) is -2.30. The summed E-state index contributed by atoms with van der Waals surface area (Å²) in [6.07, 6.45) is 2.16. The van der Waals surface area contributed by atoms with E-state index in [2.05, 4.69) is 20.3 Å². The zero-order valence-electron chi connectivity index (χ0n) is 16.7. The van der Waals surface area contributed by atoms with Gasteiger partial charge in [-0.05, 0) is 36.4 Å². The van der Waals surface area contributed by atoms with Gasteiger partial charge in [0.25, 0.3) is 5.56 Å². The molecule has 0 aliphatic carbocycles. The predicted octanol–water partition coefficient (Wildman–Crippen LogP) is 4.10. The maximum atomic E-state index is 13.9. The monoisotopic (exact) mass is 473 g/mol. The zero-order chi connectivity index (χ0) is 22.2. The number of nitrogens with zero attached hydrogens (tertiary/aromatic N) is 4. The molecule has 0 unspecified atom stereocenters. The molecule has 0 saturated carbocycles. The SMILES string of the molecule is O=C(Cn1nc(-c2cccs2)c2sc(N3CCCC3)nc2c1=O)Nc1ccc(F)cc1F. The first-order chi connectivity index (χ1) is 15.5. The molecule has 32 heavy (non-hydrogen) atoms. The number of nitrogens with one attached hydrogen (secondary N) is 1. The number of aromatic nitrogens is 3. The number of rotatable bonds is 5. The Morgan fingerprint density at radius 1 is 1.19 bits per heavy atom. The molecule has 164 valence electrons. The first-order valence-electron chi connectivity index (χ1n) is 9.95. The van der Waals surface area contributed by atoms with Crippen molar-refractivity contribution in [3.05, 3.63) is 57.7 Å². The molecule has 4 aromatic rings. The van der Waals surface area contributed by atoms with E-state index in [9.17, 15) is 18.4 Å². The maximum absolute atomic E-state index is 13.9. The highest BCUT2D eigenvalue weighted by Gasteiger charge is 2.23. The van der Waals surface area contributed by atoms with Gasteiger partial charge in [0.2, 0.25) is 5.91 Å². The van der Waals surface area contributed by atoms with Crippen LogP contribution < -0.4 is 15.8 Å². The fraction of sp³-hybridized carbons (Fsp3) is 0.238. The topological polar surface area (TPSA) is 80.1 Å². The van der Waals surface area contributed by atoms with Gasteiger partial charge in [-0.3, -0.25) is 9.59 Å². The van der Waals surface area contributed by atoms with Crippen LogP contribution in [0.2, 0.25) is 0 Å². The van der Waals surface area contributed by atoms with Crippen LogP contribution in [0.3, 0.4) is 0 Å². The summed E-state index contributed by atoms with van der Waals surface area (Å²) >= 11 is 2.90. The van der Waals surface area contributed by atoms with Crippen LogP contribution in [0.25, 0.3) is 20.8 Å². The lowest BCUT2D eigenvalue weighted by Crippen LogP contribution is -2.30. The van der Waals surface area contributed by atoms with E-state index in [0.29, 0.717) is 16.5 Å². The number of carbonyl (C=O) groups excluding carboxylic acids is 1. The number of carbonyl (C=O) groups is 1. The third kappa shape index (κ3) is 3.89. The van der Waals surface area contributed by atoms with Crippen molar-refractivity contribution in [3.8, 4) is 10.6 Å². The van der Waals surface area contributed by atoms with Gasteiger partial charge in [0.1, 0.15) is 23.9 Å². The van der Waals surface area contributed by atoms with Crippen LogP contribution >= 0.6 is 22.7 Å². The molecule has 5 rings (SSSR count). The normalized spacial score (nSPS) is 13.8. The number of hydrogen-bond acceptors (Lipinski definition) is 7. The number of amides is 1. The lowest BCUT2D eigenvalue weighted by Gasteiger charge is -2.11. The highest BCUT2D eigenvalue weighted by Crippen LogP contribution is 2.36. The van der Waals surface area contributed by atoms with Gasteiger partial charge in [0.05, 0.1) is 15.3 Å². The minimum Gasteiger partial charge on any atom is -0.348 e. The van der Waals surface area contributed by atoms with Crippen LogP contribution in [0.4, 0.5) is 19.6 Å². The average molecular weight is 474 g/mol. The molecule has 1 saturated heterocycles. The van der Waals surface area contributed by atoms with Crippen LogP contribution in [0.5, 0.6) is 0 Å². The summed E-state index contributed by atoms with van der Waals surface area (Å²) in [5.41, 5.74) is 0.181. The summed E-state index contributed by atoms with van der Waals surface area (Å²) in [7, 11) is 0. The number of anilines is 2. The van der Waals surface area contributed by atoms with Crippen LogP contribution in [-0.2, 0) is 11.3 Å². The molecule has 4 heterocycles. The Hall–Kier alpha value is -3.18. The van der Waals surface area contributed by atoms with E-state index < -0.39 is 29.6 Å². The molecule has 0 radical (unpaired) electrons. The molecule has 0 bridgehead atoms.